The number of nitrogens with zero attached hydrogens (tertiary/aromatic N) is 5. The summed E-state index contributed by atoms with van der Waals surface area (Å²) in [4.78, 5) is 31.8. The quantitative estimate of drug-likeness (QED) is 0.289. The van der Waals surface area contributed by atoms with E-state index in [1.165, 1.54) is 11.8 Å². The van der Waals surface area contributed by atoms with Crippen LogP contribution in [0.2, 0.25) is 5.15 Å². The fourth-order valence-corrected chi connectivity index (χ4v) is 4.16. The van der Waals surface area contributed by atoms with Crippen LogP contribution in [0, 0.1) is 5.82 Å². The Hall–Kier alpha value is -2.92. The summed E-state index contributed by atoms with van der Waals surface area (Å²) in [5.41, 5.74) is 0.105. The molecule has 0 bridgehead atoms. The lowest BCUT2D eigenvalue weighted by molar-refractivity contribution is 0.0635. The van der Waals surface area contributed by atoms with Gasteiger partial charge in [-0.1, -0.05) is 29.4 Å². The smallest absolute Gasteiger partial charge is 0.413 e. The number of amides is 1. The Kier molecular flexibility index (Phi) is 6.68. The van der Waals surface area contributed by atoms with Gasteiger partial charge in [-0.05, 0) is 40.0 Å². The summed E-state index contributed by atoms with van der Waals surface area (Å²) in [5, 5.41) is 3.14. The van der Waals surface area contributed by atoms with Gasteiger partial charge in [-0.2, -0.15) is 4.98 Å². The van der Waals surface area contributed by atoms with Crippen molar-refractivity contribution in [3.63, 3.8) is 0 Å². The number of carbonyl (C=O) groups excluding carboxylic acids is 1. The molecule has 0 fully saturated rings. The molecule has 0 saturated carbocycles. The van der Waals surface area contributed by atoms with Gasteiger partial charge in [0.1, 0.15) is 34.7 Å². The van der Waals surface area contributed by atoms with Crippen molar-refractivity contribution in [1.29, 1.82) is 0 Å². The topological polar surface area (TPSA) is 102 Å². The van der Waals surface area contributed by atoms with Crippen molar-refractivity contribution in [2.75, 3.05) is 29.6 Å². The Morgan fingerprint density at radius 1 is 1.35 bits per heavy atom. The largest absolute Gasteiger partial charge is 0.475 e. The second-order valence-electron chi connectivity index (χ2n) is 8.57. The standard InChI is InChI=1S/C22H24ClFN6O3S/c1-11(12-7-6-8-25-17(12)28-21(31)33-22(2,3)4)30-9-10-32-19-13-15(14(24)16(23)27-19)26-20(34-5)29-18(13)30/h6-8,11H,9-10H2,1-5H3,(H,25,28,31). The van der Waals surface area contributed by atoms with Gasteiger partial charge in [-0.25, -0.2) is 24.1 Å². The molecule has 0 aromatic carbocycles. The highest BCUT2D eigenvalue weighted by Gasteiger charge is 2.30. The highest BCUT2D eigenvalue weighted by Crippen LogP contribution is 2.41. The minimum absolute atomic E-state index is 0.0433. The van der Waals surface area contributed by atoms with Crippen LogP contribution in [0.25, 0.3) is 10.9 Å². The number of thioether (sulfide) groups is 1. The molecule has 3 aromatic heterocycles. The average molecular weight is 507 g/mol. The van der Waals surface area contributed by atoms with E-state index in [2.05, 4.69) is 25.3 Å². The van der Waals surface area contributed by atoms with E-state index in [1.54, 1.807) is 39.3 Å². The third-order valence-electron chi connectivity index (χ3n) is 5.07. The number of ether oxygens (including phenoxy) is 2. The SMILES string of the molecule is CSc1nc2c3c(nc(Cl)c(F)c3n1)OCCN2C(C)c1cccnc1NC(=O)OC(C)(C)C. The normalized spacial score (nSPS) is 14.4. The first-order chi connectivity index (χ1) is 16.1. The van der Waals surface area contributed by atoms with Gasteiger partial charge in [0, 0.05) is 11.8 Å². The van der Waals surface area contributed by atoms with E-state index in [1.807, 2.05) is 17.9 Å². The van der Waals surface area contributed by atoms with E-state index in [-0.39, 0.29) is 29.2 Å². The van der Waals surface area contributed by atoms with E-state index in [0.717, 1.165) is 5.56 Å². The molecule has 1 atom stereocenters. The number of carbonyl (C=O) groups is 1. The fraction of sp³-hybridized carbons (Fsp3) is 0.409. The van der Waals surface area contributed by atoms with Gasteiger partial charge in [0.25, 0.3) is 0 Å². The molecular weight excluding hydrogens is 483 g/mol. The second kappa shape index (κ2) is 9.38. The van der Waals surface area contributed by atoms with E-state index in [9.17, 15) is 9.18 Å². The Morgan fingerprint density at radius 3 is 2.82 bits per heavy atom. The van der Waals surface area contributed by atoms with Crippen LogP contribution < -0.4 is 15.0 Å². The first kappa shape index (κ1) is 24.2. The minimum atomic E-state index is -0.730. The zero-order valence-corrected chi connectivity index (χ0v) is 20.9. The van der Waals surface area contributed by atoms with Crippen LogP contribution >= 0.6 is 23.4 Å². The van der Waals surface area contributed by atoms with Crippen LogP contribution in [0.1, 0.15) is 39.3 Å². The number of aromatic nitrogens is 4. The zero-order valence-electron chi connectivity index (χ0n) is 19.3. The fourth-order valence-electron chi connectivity index (χ4n) is 3.63. The van der Waals surface area contributed by atoms with E-state index >= 15 is 0 Å². The summed E-state index contributed by atoms with van der Waals surface area (Å²) < 4.78 is 26.1. The molecular formula is C22H24ClFN6O3S. The monoisotopic (exact) mass is 506 g/mol. The van der Waals surface area contributed by atoms with Crippen molar-refractivity contribution in [2.45, 2.75) is 44.5 Å². The van der Waals surface area contributed by atoms with Gasteiger partial charge in [-0.3, -0.25) is 5.32 Å². The number of hydrogen-bond donors (Lipinski definition) is 1. The van der Waals surface area contributed by atoms with E-state index in [4.69, 9.17) is 21.1 Å². The lowest BCUT2D eigenvalue weighted by Gasteiger charge is -2.30. The van der Waals surface area contributed by atoms with Crippen molar-refractivity contribution in [3.8, 4) is 5.88 Å². The summed E-state index contributed by atoms with van der Waals surface area (Å²) in [5.74, 6) is 0.262. The molecule has 1 amide bonds. The van der Waals surface area contributed by atoms with Crippen LogP contribution in [-0.2, 0) is 4.74 Å². The van der Waals surface area contributed by atoms with Gasteiger partial charge in [0.15, 0.2) is 16.1 Å². The summed E-state index contributed by atoms with van der Waals surface area (Å²) in [6.45, 7) is 7.96. The molecule has 9 nitrogen and oxygen atoms in total. The molecule has 34 heavy (non-hydrogen) atoms. The number of halogens is 2. The highest BCUT2D eigenvalue weighted by atomic mass is 35.5. The molecule has 4 rings (SSSR count). The lowest BCUT2D eigenvalue weighted by Crippen LogP contribution is -2.32. The first-order valence-electron chi connectivity index (χ1n) is 10.5. The molecule has 0 spiro atoms. The first-order valence-corrected chi connectivity index (χ1v) is 12.1. The maximum atomic E-state index is 14.9. The van der Waals surface area contributed by atoms with Crippen molar-refractivity contribution >= 4 is 52.0 Å². The second-order valence-corrected chi connectivity index (χ2v) is 9.70. The third kappa shape index (κ3) is 4.80. The molecule has 1 aliphatic heterocycles. The minimum Gasteiger partial charge on any atom is -0.475 e. The van der Waals surface area contributed by atoms with Gasteiger partial charge < -0.3 is 14.4 Å². The lowest BCUT2D eigenvalue weighted by atomic mass is 10.1. The van der Waals surface area contributed by atoms with Crippen LogP contribution in [0.5, 0.6) is 5.88 Å². The van der Waals surface area contributed by atoms with Gasteiger partial charge >= 0.3 is 6.09 Å². The Balaban J connectivity index is 1.79. The molecule has 1 unspecified atom stereocenters. The van der Waals surface area contributed by atoms with Crippen molar-refractivity contribution in [2.24, 2.45) is 0 Å². The maximum absolute atomic E-state index is 14.9. The Morgan fingerprint density at radius 2 is 2.12 bits per heavy atom. The molecule has 12 heteroatoms. The maximum Gasteiger partial charge on any atom is 0.413 e. The molecule has 0 radical (unpaired) electrons. The summed E-state index contributed by atoms with van der Waals surface area (Å²) in [7, 11) is 0. The predicted octanol–water partition coefficient (Wildman–Crippen LogP) is 5.24. The molecule has 0 saturated heterocycles. The molecule has 4 heterocycles. The summed E-state index contributed by atoms with van der Waals surface area (Å²) in [6.07, 6.45) is 2.78. The van der Waals surface area contributed by atoms with Crippen molar-refractivity contribution in [3.05, 3.63) is 34.9 Å². The predicted molar refractivity (Wildman–Crippen MR) is 129 cm³/mol. The summed E-state index contributed by atoms with van der Waals surface area (Å²) >= 11 is 7.28. The molecule has 3 aromatic rings. The number of nitrogens with one attached hydrogen (secondary N) is 1. The molecule has 0 aliphatic carbocycles. The number of hydrogen-bond acceptors (Lipinski definition) is 9. The summed E-state index contributed by atoms with van der Waals surface area (Å²) in [6, 6.07) is 3.30. The number of pyridine rings is 2. The zero-order chi connectivity index (χ0) is 24.6. The van der Waals surface area contributed by atoms with Crippen LogP contribution in [0.4, 0.5) is 20.8 Å². The van der Waals surface area contributed by atoms with Gasteiger partial charge in [-0.15, -0.1) is 0 Å². The molecule has 1 N–H and O–H groups in total. The number of rotatable bonds is 4. The molecule has 180 valence electrons. The third-order valence-corrected chi connectivity index (χ3v) is 5.87. The average Bonchev–Trinajstić information content (AvgIpc) is 2.95. The molecule has 1 aliphatic rings. The highest BCUT2D eigenvalue weighted by molar-refractivity contribution is 7.98. The van der Waals surface area contributed by atoms with Gasteiger partial charge in [0.05, 0.1) is 12.6 Å². The Bertz CT molecular complexity index is 1260. The van der Waals surface area contributed by atoms with Crippen LogP contribution in [0.3, 0.4) is 0 Å². The van der Waals surface area contributed by atoms with E-state index < -0.39 is 17.5 Å². The number of anilines is 2. The van der Waals surface area contributed by atoms with E-state index in [0.29, 0.717) is 28.7 Å². The van der Waals surface area contributed by atoms with Crippen molar-refractivity contribution in [1.82, 2.24) is 19.9 Å². The Labute approximate surface area is 205 Å². The van der Waals surface area contributed by atoms with Crippen molar-refractivity contribution < 1.29 is 18.7 Å². The van der Waals surface area contributed by atoms with Crippen LogP contribution in [-0.4, -0.2) is 51.0 Å². The van der Waals surface area contributed by atoms with Gasteiger partial charge in [0.2, 0.25) is 5.88 Å². The van der Waals surface area contributed by atoms with Crippen LogP contribution in [0.15, 0.2) is 23.5 Å².